The molecule has 2 heterocycles. The van der Waals surface area contributed by atoms with Gasteiger partial charge in [0.2, 0.25) is 0 Å². The van der Waals surface area contributed by atoms with Gasteiger partial charge in [0.15, 0.2) is 0 Å². The van der Waals surface area contributed by atoms with Gasteiger partial charge in [-0.1, -0.05) is 26.0 Å². The number of rotatable bonds is 3. The molecule has 5 heteroatoms. The lowest BCUT2D eigenvalue weighted by atomic mass is 9.97. The highest BCUT2D eigenvalue weighted by atomic mass is 16.2. The van der Waals surface area contributed by atoms with Crippen LogP contribution in [0.15, 0.2) is 36.7 Å². The molecule has 1 fully saturated rings. The average Bonchev–Trinajstić information content (AvgIpc) is 2.93. The Kier molecular flexibility index (Phi) is 5.68. The number of carbonyl (C=O) groups excluding carboxylic acids is 2. The zero-order valence-electron chi connectivity index (χ0n) is 16.7. The number of benzene rings is 1. The quantitative estimate of drug-likeness (QED) is 0.834. The van der Waals surface area contributed by atoms with Crippen LogP contribution in [0.4, 0.5) is 0 Å². The van der Waals surface area contributed by atoms with Crippen LogP contribution in [0.3, 0.4) is 0 Å². The topological polar surface area (TPSA) is 45.6 Å². The highest BCUT2D eigenvalue weighted by molar-refractivity contribution is 5.96. The average molecular weight is 367 g/mol. The van der Waals surface area contributed by atoms with Crippen LogP contribution in [-0.2, 0) is 7.05 Å². The van der Waals surface area contributed by atoms with Gasteiger partial charge in [0.05, 0.1) is 5.56 Å². The van der Waals surface area contributed by atoms with Crippen LogP contribution in [-0.4, -0.2) is 52.4 Å². The molecule has 2 aromatic rings. The van der Waals surface area contributed by atoms with Crippen molar-refractivity contribution in [1.82, 2.24) is 14.4 Å². The molecule has 1 saturated heterocycles. The van der Waals surface area contributed by atoms with Crippen LogP contribution < -0.4 is 0 Å². The van der Waals surface area contributed by atoms with Crippen molar-refractivity contribution in [3.63, 3.8) is 0 Å². The Morgan fingerprint density at radius 2 is 1.63 bits per heavy atom. The molecule has 27 heavy (non-hydrogen) atoms. The van der Waals surface area contributed by atoms with Gasteiger partial charge in [0.1, 0.15) is 0 Å². The predicted octanol–water partition coefficient (Wildman–Crippen LogP) is 3.45. The lowest BCUT2D eigenvalue weighted by Gasteiger charge is -2.23. The molecule has 5 nitrogen and oxygen atoms in total. The summed E-state index contributed by atoms with van der Waals surface area (Å²) in [5.41, 5.74) is 3.67. The number of amides is 2. The van der Waals surface area contributed by atoms with Crippen LogP contribution in [0.1, 0.15) is 58.0 Å². The third-order valence-corrected chi connectivity index (χ3v) is 5.31. The van der Waals surface area contributed by atoms with Crippen LogP contribution in [0.25, 0.3) is 0 Å². The lowest BCUT2D eigenvalue weighted by molar-refractivity contribution is 0.0718. The standard InChI is InChI=1S/C22H29N3O2/c1-16(2)18-7-6-17(3)20(14-18)22(27)25-10-5-9-24(12-13-25)21(26)19-8-11-23(4)15-19/h6-8,11,14-16H,5,9-10,12-13H2,1-4H3. The van der Waals surface area contributed by atoms with Crippen molar-refractivity contribution < 1.29 is 9.59 Å². The van der Waals surface area contributed by atoms with Gasteiger partial charge in [0.25, 0.3) is 11.8 Å². The van der Waals surface area contributed by atoms with Gasteiger partial charge >= 0.3 is 0 Å². The molecule has 3 rings (SSSR count). The maximum absolute atomic E-state index is 13.1. The molecule has 1 aromatic carbocycles. The summed E-state index contributed by atoms with van der Waals surface area (Å²) in [6.45, 7) is 8.77. The van der Waals surface area contributed by atoms with Gasteiger partial charge in [-0.25, -0.2) is 0 Å². The summed E-state index contributed by atoms with van der Waals surface area (Å²) in [7, 11) is 1.91. The molecule has 0 spiro atoms. The van der Waals surface area contributed by atoms with E-state index in [1.807, 2.05) is 58.9 Å². The zero-order chi connectivity index (χ0) is 19.6. The minimum Gasteiger partial charge on any atom is -0.356 e. The number of aromatic nitrogens is 1. The second-order valence-electron chi connectivity index (χ2n) is 7.73. The van der Waals surface area contributed by atoms with E-state index in [-0.39, 0.29) is 11.8 Å². The van der Waals surface area contributed by atoms with Crippen LogP contribution in [0.5, 0.6) is 0 Å². The number of aryl methyl sites for hydroxylation is 2. The molecule has 0 bridgehead atoms. The summed E-state index contributed by atoms with van der Waals surface area (Å²) < 4.78 is 1.88. The largest absolute Gasteiger partial charge is 0.356 e. The first-order valence-electron chi connectivity index (χ1n) is 9.68. The Bertz CT molecular complexity index is 838. The molecule has 2 amide bonds. The minimum atomic E-state index is 0.0443. The first-order chi connectivity index (χ1) is 12.9. The van der Waals surface area contributed by atoms with Crippen LogP contribution >= 0.6 is 0 Å². The molecule has 1 aliphatic rings. The van der Waals surface area contributed by atoms with E-state index >= 15 is 0 Å². The lowest BCUT2D eigenvalue weighted by Crippen LogP contribution is -2.37. The van der Waals surface area contributed by atoms with E-state index in [1.54, 1.807) is 0 Å². The molecule has 0 aliphatic carbocycles. The predicted molar refractivity (Wildman–Crippen MR) is 107 cm³/mol. The number of nitrogens with zero attached hydrogens (tertiary/aromatic N) is 3. The summed E-state index contributed by atoms with van der Waals surface area (Å²) in [5, 5.41) is 0. The molecule has 0 saturated carbocycles. The first-order valence-corrected chi connectivity index (χ1v) is 9.68. The second-order valence-corrected chi connectivity index (χ2v) is 7.73. The molecule has 0 atom stereocenters. The molecule has 0 N–H and O–H groups in total. The SMILES string of the molecule is Cc1ccc(C(C)C)cc1C(=O)N1CCCN(C(=O)c2ccn(C)c2)CC1. The van der Waals surface area contributed by atoms with Gasteiger partial charge < -0.3 is 14.4 Å². The molecule has 1 aromatic heterocycles. The van der Waals surface area contributed by atoms with Crippen molar-refractivity contribution in [2.75, 3.05) is 26.2 Å². The number of hydrogen-bond acceptors (Lipinski definition) is 2. The fraction of sp³-hybridized carbons (Fsp3) is 0.455. The zero-order valence-corrected chi connectivity index (χ0v) is 16.7. The smallest absolute Gasteiger partial charge is 0.255 e. The summed E-state index contributed by atoms with van der Waals surface area (Å²) in [6.07, 6.45) is 4.52. The summed E-state index contributed by atoms with van der Waals surface area (Å²) in [4.78, 5) is 29.6. The second kappa shape index (κ2) is 7.99. The van der Waals surface area contributed by atoms with Crippen molar-refractivity contribution in [3.05, 3.63) is 58.9 Å². The molecular formula is C22H29N3O2. The van der Waals surface area contributed by atoms with Crippen molar-refractivity contribution >= 4 is 11.8 Å². The van der Waals surface area contributed by atoms with Gasteiger partial charge in [-0.2, -0.15) is 0 Å². The van der Waals surface area contributed by atoms with E-state index in [0.717, 1.165) is 17.5 Å². The Labute approximate surface area is 161 Å². The summed E-state index contributed by atoms with van der Waals surface area (Å²) >= 11 is 0. The molecule has 0 radical (unpaired) electrons. The van der Waals surface area contributed by atoms with E-state index in [9.17, 15) is 9.59 Å². The minimum absolute atomic E-state index is 0.0443. The van der Waals surface area contributed by atoms with Crippen LogP contribution in [0, 0.1) is 6.92 Å². The Balaban J connectivity index is 1.71. The first kappa shape index (κ1) is 19.2. The number of hydrogen-bond donors (Lipinski definition) is 0. The van der Waals surface area contributed by atoms with E-state index < -0.39 is 0 Å². The molecule has 144 valence electrons. The van der Waals surface area contributed by atoms with Gasteiger partial charge in [-0.3, -0.25) is 9.59 Å². The highest BCUT2D eigenvalue weighted by Crippen LogP contribution is 2.21. The van der Waals surface area contributed by atoms with Crippen molar-refractivity contribution in [3.8, 4) is 0 Å². The number of carbonyl (C=O) groups is 2. The normalized spacial score (nSPS) is 15.1. The Hall–Kier alpha value is -2.56. The third-order valence-electron chi connectivity index (χ3n) is 5.31. The highest BCUT2D eigenvalue weighted by Gasteiger charge is 2.24. The van der Waals surface area contributed by atoms with Crippen molar-refractivity contribution in [1.29, 1.82) is 0 Å². The maximum atomic E-state index is 13.1. The monoisotopic (exact) mass is 367 g/mol. The van der Waals surface area contributed by atoms with E-state index in [2.05, 4.69) is 19.9 Å². The molecular weight excluding hydrogens is 338 g/mol. The van der Waals surface area contributed by atoms with Crippen molar-refractivity contribution in [2.45, 2.75) is 33.1 Å². The van der Waals surface area contributed by atoms with Gasteiger partial charge in [-0.05, 0) is 42.5 Å². The maximum Gasteiger partial charge on any atom is 0.255 e. The fourth-order valence-corrected chi connectivity index (χ4v) is 3.54. The van der Waals surface area contributed by atoms with E-state index in [0.29, 0.717) is 37.7 Å². The summed E-state index contributed by atoms with van der Waals surface area (Å²) in [6, 6.07) is 8.00. The van der Waals surface area contributed by atoms with Gasteiger partial charge in [-0.15, -0.1) is 0 Å². The van der Waals surface area contributed by atoms with Gasteiger partial charge in [0, 0.05) is 51.2 Å². The van der Waals surface area contributed by atoms with Crippen LogP contribution in [0.2, 0.25) is 0 Å². The molecule has 1 aliphatic heterocycles. The van der Waals surface area contributed by atoms with E-state index in [1.165, 1.54) is 5.56 Å². The molecule has 0 unspecified atom stereocenters. The van der Waals surface area contributed by atoms with E-state index in [4.69, 9.17) is 0 Å². The van der Waals surface area contributed by atoms with Crippen molar-refractivity contribution in [2.24, 2.45) is 7.05 Å². The fourth-order valence-electron chi connectivity index (χ4n) is 3.54. The Morgan fingerprint density at radius 3 is 2.22 bits per heavy atom. The third kappa shape index (κ3) is 4.24. The summed E-state index contributed by atoms with van der Waals surface area (Å²) in [5.74, 6) is 0.507. The Morgan fingerprint density at radius 1 is 0.963 bits per heavy atom.